The number of hydrogen-bond donors (Lipinski definition) is 0. The topological polar surface area (TPSA) is 3.24 Å². The number of benzene rings is 1. The lowest BCUT2D eigenvalue weighted by Gasteiger charge is -2.23. The molecular formula is C14H15BrClNS. The van der Waals surface area contributed by atoms with Gasteiger partial charge in [0.15, 0.2) is 0 Å². The first kappa shape index (κ1) is 13.9. The third-order valence-electron chi connectivity index (χ3n) is 2.85. The standard InChI is InChI=1S/C14H15BrClNS/c1-2-17(10-13-4-3-7-18-13)12-6-5-11(9-15)14(16)8-12/h3-8H,2,9-10H2,1H3. The molecule has 1 nitrogen and oxygen atoms in total. The normalized spacial score (nSPS) is 10.6. The summed E-state index contributed by atoms with van der Waals surface area (Å²) < 4.78 is 0. The summed E-state index contributed by atoms with van der Waals surface area (Å²) in [5, 5.41) is 3.74. The van der Waals surface area contributed by atoms with Crippen LogP contribution in [0.4, 0.5) is 5.69 Å². The van der Waals surface area contributed by atoms with E-state index in [1.54, 1.807) is 11.3 Å². The summed E-state index contributed by atoms with van der Waals surface area (Å²) in [6, 6.07) is 10.5. The molecule has 0 N–H and O–H groups in total. The van der Waals surface area contributed by atoms with E-state index in [2.05, 4.69) is 63.5 Å². The molecule has 1 heterocycles. The van der Waals surface area contributed by atoms with E-state index in [9.17, 15) is 0 Å². The van der Waals surface area contributed by atoms with Gasteiger partial charge in [0.25, 0.3) is 0 Å². The first-order valence-corrected chi connectivity index (χ1v) is 8.24. The molecule has 0 fully saturated rings. The second-order valence-corrected chi connectivity index (χ2v) is 6.00. The number of hydrogen-bond acceptors (Lipinski definition) is 2. The Hall–Kier alpha value is -0.510. The molecule has 2 rings (SSSR count). The van der Waals surface area contributed by atoms with Crippen LogP contribution in [0.3, 0.4) is 0 Å². The van der Waals surface area contributed by atoms with Gasteiger partial charge in [-0.25, -0.2) is 0 Å². The van der Waals surface area contributed by atoms with Gasteiger partial charge in [-0.05, 0) is 36.1 Å². The summed E-state index contributed by atoms with van der Waals surface area (Å²) in [6.07, 6.45) is 0. The van der Waals surface area contributed by atoms with E-state index >= 15 is 0 Å². The van der Waals surface area contributed by atoms with Gasteiger partial charge >= 0.3 is 0 Å². The maximum atomic E-state index is 6.26. The lowest BCUT2D eigenvalue weighted by atomic mass is 10.2. The Balaban J connectivity index is 2.19. The van der Waals surface area contributed by atoms with Crippen molar-refractivity contribution in [3.8, 4) is 0 Å². The molecular weight excluding hydrogens is 330 g/mol. The summed E-state index contributed by atoms with van der Waals surface area (Å²) in [5.74, 6) is 0. The lowest BCUT2D eigenvalue weighted by molar-refractivity contribution is 0.842. The van der Waals surface area contributed by atoms with Gasteiger partial charge in [-0.3, -0.25) is 0 Å². The summed E-state index contributed by atoms with van der Waals surface area (Å²) >= 11 is 11.5. The van der Waals surface area contributed by atoms with E-state index in [1.165, 1.54) is 10.6 Å². The maximum Gasteiger partial charge on any atom is 0.0522 e. The largest absolute Gasteiger partial charge is 0.367 e. The van der Waals surface area contributed by atoms with Gasteiger partial charge in [0.1, 0.15) is 0 Å². The molecule has 96 valence electrons. The van der Waals surface area contributed by atoms with Crippen LogP contribution in [0, 0.1) is 0 Å². The quantitative estimate of drug-likeness (QED) is 0.663. The zero-order valence-corrected chi connectivity index (χ0v) is 13.4. The second-order valence-electron chi connectivity index (χ2n) is 4.00. The van der Waals surface area contributed by atoms with Gasteiger partial charge in [-0.1, -0.05) is 39.7 Å². The molecule has 0 bridgehead atoms. The molecule has 0 atom stereocenters. The van der Waals surface area contributed by atoms with Crippen LogP contribution in [-0.2, 0) is 11.9 Å². The fourth-order valence-electron chi connectivity index (χ4n) is 1.82. The van der Waals surface area contributed by atoms with E-state index in [0.717, 1.165) is 29.0 Å². The van der Waals surface area contributed by atoms with E-state index < -0.39 is 0 Å². The Morgan fingerprint density at radius 3 is 2.72 bits per heavy atom. The van der Waals surface area contributed by atoms with E-state index in [-0.39, 0.29) is 0 Å². The molecule has 0 spiro atoms. The number of alkyl halides is 1. The number of nitrogens with zero attached hydrogens (tertiary/aromatic N) is 1. The molecule has 1 aromatic heterocycles. The number of thiophene rings is 1. The van der Waals surface area contributed by atoms with Crippen LogP contribution in [-0.4, -0.2) is 6.54 Å². The molecule has 2 aromatic rings. The van der Waals surface area contributed by atoms with Crippen molar-refractivity contribution >= 4 is 44.6 Å². The molecule has 0 aliphatic rings. The van der Waals surface area contributed by atoms with Gasteiger partial charge < -0.3 is 4.90 Å². The zero-order valence-electron chi connectivity index (χ0n) is 10.2. The summed E-state index contributed by atoms with van der Waals surface area (Å²) in [5.41, 5.74) is 2.31. The van der Waals surface area contributed by atoms with Gasteiger partial charge in [0.05, 0.1) is 6.54 Å². The Labute approximate surface area is 126 Å². The Morgan fingerprint density at radius 1 is 1.33 bits per heavy atom. The molecule has 0 amide bonds. The second kappa shape index (κ2) is 6.60. The minimum atomic E-state index is 0.795. The van der Waals surface area contributed by atoms with Crippen molar-refractivity contribution < 1.29 is 0 Å². The highest BCUT2D eigenvalue weighted by Crippen LogP contribution is 2.26. The average Bonchev–Trinajstić information content (AvgIpc) is 2.88. The molecule has 0 aliphatic carbocycles. The molecule has 0 unspecified atom stereocenters. The van der Waals surface area contributed by atoms with Crippen molar-refractivity contribution in [3.63, 3.8) is 0 Å². The first-order chi connectivity index (χ1) is 8.74. The highest BCUT2D eigenvalue weighted by Gasteiger charge is 2.08. The van der Waals surface area contributed by atoms with Crippen LogP contribution in [0.15, 0.2) is 35.7 Å². The monoisotopic (exact) mass is 343 g/mol. The van der Waals surface area contributed by atoms with E-state index in [4.69, 9.17) is 11.6 Å². The van der Waals surface area contributed by atoms with Gasteiger partial charge in [0.2, 0.25) is 0 Å². The van der Waals surface area contributed by atoms with E-state index in [0.29, 0.717) is 0 Å². The van der Waals surface area contributed by atoms with Crippen molar-refractivity contribution in [1.82, 2.24) is 0 Å². The van der Waals surface area contributed by atoms with Crippen LogP contribution in [0.2, 0.25) is 5.02 Å². The zero-order chi connectivity index (χ0) is 13.0. The van der Waals surface area contributed by atoms with Crippen LogP contribution in [0.25, 0.3) is 0 Å². The van der Waals surface area contributed by atoms with Gasteiger partial charge in [-0.15, -0.1) is 11.3 Å². The molecule has 0 aliphatic heterocycles. The average molecular weight is 345 g/mol. The van der Waals surface area contributed by atoms with Crippen molar-refractivity contribution in [2.75, 3.05) is 11.4 Å². The molecule has 0 saturated carbocycles. The lowest BCUT2D eigenvalue weighted by Crippen LogP contribution is -2.21. The highest BCUT2D eigenvalue weighted by atomic mass is 79.9. The minimum absolute atomic E-state index is 0.795. The van der Waals surface area contributed by atoms with E-state index in [1.807, 2.05) is 0 Å². The van der Waals surface area contributed by atoms with Crippen molar-refractivity contribution in [3.05, 3.63) is 51.2 Å². The van der Waals surface area contributed by atoms with Crippen molar-refractivity contribution in [2.24, 2.45) is 0 Å². The summed E-state index contributed by atoms with van der Waals surface area (Å²) in [7, 11) is 0. The first-order valence-electron chi connectivity index (χ1n) is 5.86. The molecule has 18 heavy (non-hydrogen) atoms. The number of halogens is 2. The van der Waals surface area contributed by atoms with Gasteiger partial charge in [-0.2, -0.15) is 0 Å². The van der Waals surface area contributed by atoms with Crippen LogP contribution in [0.5, 0.6) is 0 Å². The fraction of sp³-hybridized carbons (Fsp3) is 0.286. The Morgan fingerprint density at radius 2 is 2.17 bits per heavy atom. The smallest absolute Gasteiger partial charge is 0.0522 e. The van der Waals surface area contributed by atoms with Crippen LogP contribution in [0.1, 0.15) is 17.4 Å². The number of rotatable bonds is 5. The third kappa shape index (κ3) is 3.28. The maximum absolute atomic E-state index is 6.26. The molecule has 0 saturated heterocycles. The molecule has 4 heteroatoms. The van der Waals surface area contributed by atoms with Crippen LogP contribution < -0.4 is 4.90 Å². The Kier molecular flexibility index (Phi) is 5.10. The highest BCUT2D eigenvalue weighted by molar-refractivity contribution is 9.08. The number of anilines is 1. The van der Waals surface area contributed by atoms with Gasteiger partial charge in [0, 0.05) is 27.5 Å². The molecule has 0 radical (unpaired) electrons. The van der Waals surface area contributed by atoms with Crippen molar-refractivity contribution in [1.29, 1.82) is 0 Å². The summed E-state index contributed by atoms with van der Waals surface area (Å²) in [4.78, 5) is 3.70. The predicted octanol–water partition coefficient (Wildman–Crippen LogP) is 5.32. The third-order valence-corrected chi connectivity index (χ3v) is 4.67. The van der Waals surface area contributed by atoms with Crippen molar-refractivity contribution in [2.45, 2.75) is 18.8 Å². The Bertz CT molecular complexity index is 499. The SMILES string of the molecule is CCN(Cc1cccs1)c1ccc(CBr)c(Cl)c1. The summed E-state index contributed by atoms with van der Waals surface area (Å²) in [6.45, 7) is 4.08. The van der Waals surface area contributed by atoms with Crippen LogP contribution >= 0.6 is 38.9 Å². The molecule has 1 aromatic carbocycles. The predicted molar refractivity (Wildman–Crippen MR) is 85.1 cm³/mol. The fourth-order valence-corrected chi connectivity index (χ4v) is 3.43. The minimum Gasteiger partial charge on any atom is -0.367 e.